The Morgan fingerprint density at radius 3 is 1.23 bits per heavy atom. The van der Waals surface area contributed by atoms with Gasteiger partial charge in [0.05, 0.1) is 64.9 Å². The van der Waals surface area contributed by atoms with Crippen molar-refractivity contribution < 1.29 is 47.7 Å². The molecular weight excluding hydrogens is 833 g/mol. The highest BCUT2D eigenvalue weighted by atomic mass is 16.7. The van der Waals surface area contributed by atoms with Crippen molar-refractivity contribution in [3.63, 3.8) is 0 Å². The smallest absolute Gasteiger partial charge is 0.184 e. The van der Waals surface area contributed by atoms with Crippen molar-refractivity contribution in [2.75, 3.05) is 20.3 Å². The van der Waals surface area contributed by atoms with Gasteiger partial charge in [0.1, 0.15) is 36.3 Å². The molecule has 344 valence electrons. The first-order valence-corrected chi connectivity index (χ1v) is 22.7. The predicted molar refractivity (Wildman–Crippen MR) is 250 cm³/mol. The Morgan fingerprint density at radius 1 is 0.439 bits per heavy atom. The minimum absolute atomic E-state index is 0.149. The van der Waals surface area contributed by atoms with Crippen LogP contribution in [0, 0.1) is 5.92 Å². The third-order valence-corrected chi connectivity index (χ3v) is 11.8. The third-order valence-electron chi connectivity index (χ3n) is 11.8. The maximum Gasteiger partial charge on any atom is 0.184 e. The molecule has 1 fully saturated rings. The minimum Gasteiger partial charge on any atom is -0.487 e. The highest BCUT2D eigenvalue weighted by Crippen LogP contribution is 2.39. The van der Waals surface area contributed by atoms with E-state index in [-0.39, 0.29) is 32.2 Å². The molecule has 2 aliphatic heterocycles. The molecule has 1 saturated heterocycles. The summed E-state index contributed by atoms with van der Waals surface area (Å²) in [6.45, 7) is 2.09. The van der Waals surface area contributed by atoms with Gasteiger partial charge in [-0.25, -0.2) is 0 Å². The lowest BCUT2D eigenvalue weighted by Gasteiger charge is -2.48. The van der Waals surface area contributed by atoms with Crippen molar-refractivity contribution in [1.82, 2.24) is 0 Å². The monoisotopic (exact) mass is 892 g/mol. The minimum atomic E-state index is -1.31. The van der Waals surface area contributed by atoms with E-state index in [9.17, 15) is 5.11 Å². The van der Waals surface area contributed by atoms with Crippen molar-refractivity contribution in [2.24, 2.45) is 5.92 Å². The molecule has 0 bridgehead atoms. The Labute approximate surface area is 388 Å². The Hall–Kier alpha value is -5.50. The van der Waals surface area contributed by atoms with Crippen LogP contribution in [0.25, 0.3) is 0 Å². The van der Waals surface area contributed by atoms with Gasteiger partial charge in [-0.05, 0) is 39.5 Å². The van der Waals surface area contributed by atoms with Crippen molar-refractivity contribution in [3.8, 4) is 0 Å². The van der Waals surface area contributed by atoms with Crippen LogP contribution in [0.1, 0.15) is 33.4 Å². The van der Waals surface area contributed by atoms with Crippen LogP contribution in [0.5, 0.6) is 0 Å². The van der Waals surface area contributed by atoms with E-state index >= 15 is 0 Å². The van der Waals surface area contributed by atoms with E-state index in [1.165, 1.54) is 0 Å². The average molecular weight is 893 g/mol. The van der Waals surface area contributed by atoms with Gasteiger partial charge in [-0.3, -0.25) is 0 Å². The van der Waals surface area contributed by atoms with Crippen LogP contribution in [0.4, 0.5) is 0 Å². The zero-order valence-electron chi connectivity index (χ0n) is 37.4. The van der Waals surface area contributed by atoms with Crippen LogP contribution in [0.2, 0.25) is 0 Å². The summed E-state index contributed by atoms with van der Waals surface area (Å²) in [5, 5.41) is 13.1. The van der Waals surface area contributed by atoms with Gasteiger partial charge in [-0.2, -0.15) is 0 Å². The molecule has 66 heavy (non-hydrogen) atoms. The third kappa shape index (κ3) is 13.3. The van der Waals surface area contributed by atoms with Crippen LogP contribution >= 0.6 is 0 Å². The second kappa shape index (κ2) is 24.9. The normalized spacial score (nSPS) is 23.4. The summed E-state index contributed by atoms with van der Waals surface area (Å²) in [5.41, 5.74) is 5.95. The predicted octanol–water partition coefficient (Wildman–Crippen LogP) is 9.39. The molecule has 1 N–H and O–H groups in total. The number of benzene rings is 6. The van der Waals surface area contributed by atoms with Gasteiger partial charge >= 0.3 is 0 Å². The molecule has 0 aromatic heterocycles. The van der Waals surface area contributed by atoms with E-state index < -0.39 is 54.9 Å². The van der Waals surface area contributed by atoms with E-state index in [4.69, 9.17) is 42.6 Å². The summed E-state index contributed by atoms with van der Waals surface area (Å²) in [5.74, 6) is -0.511. The molecule has 0 amide bonds. The Morgan fingerprint density at radius 2 is 0.803 bits per heavy atom. The van der Waals surface area contributed by atoms with E-state index in [0.29, 0.717) is 26.4 Å². The number of hydrogen-bond acceptors (Lipinski definition) is 10. The zero-order valence-corrected chi connectivity index (χ0v) is 37.4. The molecule has 8 rings (SSSR count). The molecule has 2 heterocycles. The van der Waals surface area contributed by atoms with Gasteiger partial charge < -0.3 is 47.7 Å². The maximum atomic E-state index is 13.1. The second-order valence-corrected chi connectivity index (χ2v) is 16.6. The number of aliphatic hydroxyl groups is 1. The SMILES string of the molecule is CO[C@H]1O[C@H](COCc2ccccc2)[C@H](OCc2ccccc2)[C@H]([C@H](O)C2=C[C@@H](OCc3ccccc3)[C@@H](OCc3ccccc3)[C@@H](COCc3ccccc3)O2)[C@H]1OCc1ccccc1. The average Bonchev–Trinajstić information content (AvgIpc) is 3.38. The summed E-state index contributed by atoms with van der Waals surface area (Å²) in [6, 6.07) is 59.8. The molecular formula is C56H60O10. The molecule has 2 aliphatic rings. The lowest BCUT2D eigenvalue weighted by molar-refractivity contribution is -0.314. The quantitative estimate of drug-likeness (QED) is 0.0670. The zero-order chi connectivity index (χ0) is 45.2. The van der Waals surface area contributed by atoms with Crippen LogP contribution in [0.3, 0.4) is 0 Å². The van der Waals surface area contributed by atoms with Crippen molar-refractivity contribution in [3.05, 3.63) is 227 Å². The second-order valence-electron chi connectivity index (χ2n) is 16.6. The molecule has 0 saturated carbocycles. The van der Waals surface area contributed by atoms with E-state index in [1.54, 1.807) is 7.11 Å². The number of aliphatic hydroxyl groups excluding tert-OH is 1. The van der Waals surface area contributed by atoms with Gasteiger partial charge in [0.25, 0.3) is 0 Å². The molecule has 0 radical (unpaired) electrons. The van der Waals surface area contributed by atoms with Crippen LogP contribution < -0.4 is 0 Å². The van der Waals surface area contributed by atoms with Crippen molar-refractivity contribution in [2.45, 2.75) is 88.7 Å². The molecule has 10 nitrogen and oxygen atoms in total. The molecule has 0 unspecified atom stereocenters. The summed E-state index contributed by atoms with van der Waals surface area (Å²) >= 11 is 0. The standard InChI is InChI=1S/C56H60O10/c1-58-56-55(64-38-46-30-18-7-19-31-46)51(54(63-37-45-28-16-6-17-29-45)50(66-56)40-60-34-42-22-10-3-11-23-42)52(57)47-32-48(61-35-43-24-12-4-13-25-43)53(62-36-44-26-14-5-15-27-44)49(65-47)39-59-33-41-20-8-2-9-21-41/h2-32,48-57H,33-40H2,1H3/t48-,49-,50-,51+,52-,53-,54+,55-,56+/m1/s1. The largest absolute Gasteiger partial charge is 0.487 e. The number of rotatable bonds is 23. The van der Waals surface area contributed by atoms with Gasteiger partial charge in [0.15, 0.2) is 12.4 Å². The number of ether oxygens (including phenoxy) is 9. The Kier molecular flexibility index (Phi) is 17.7. The lowest BCUT2D eigenvalue weighted by atomic mass is 9.82. The first-order valence-electron chi connectivity index (χ1n) is 22.7. The van der Waals surface area contributed by atoms with E-state index in [2.05, 4.69) is 0 Å². The van der Waals surface area contributed by atoms with Crippen LogP contribution in [-0.4, -0.2) is 74.4 Å². The van der Waals surface area contributed by atoms with Crippen molar-refractivity contribution >= 4 is 0 Å². The van der Waals surface area contributed by atoms with Gasteiger partial charge in [0, 0.05) is 7.11 Å². The molecule has 6 aromatic carbocycles. The fourth-order valence-corrected chi connectivity index (χ4v) is 8.42. The van der Waals surface area contributed by atoms with Crippen LogP contribution in [-0.2, 0) is 82.3 Å². The highest BCUT2D eigenvalue weighted by molar-refractivity contribution is 5.21. The fourth-order valence-electron chi connectivity index (χ4n) is 8.42. The molecule has 10 heteroatoms. The number of methoxy groups -OCH3 is 1. The van der Waals surface area contributed by atoms with Gasteiger partial charge in [0.2, 0.25) is 0 Å². The van der Waals surface area contributed by atoms with E-state index in [1.807, 2.05) is 188 Å². The number of hydrogen-bond donors (Lipinski definition) is 1. The Bertz CT molecular complexity index is 2280. The molecule has 9 atom stereocenters. The van der Waals surface area contributed by atoms with Gasteiger partial charge in [-0.1, -0.05) is 182 Å². The first kappa shape index (κ1) is 47.0. The summed E-state index contributed by atoms with van der Waals surface area (Å²) in [7, 11) is 1.58. The topological polar surface area (TPSA) is 103 Å². The van der Waals surface area contributed by atoms with Crippen LogP contribution in [0.15, 0.2) is 194 Å². The first-order chi connectivity index (χ1) is 32.6. The Balaban J connectivity index is 1.15. The fraction of sp³-hybridized carbons (Fsp3) is 0.321. The molecule has 0 spiro atoms. The summed E-state index contributed by atoms with van der Waals surface area (Å²) in [4.78, 5) is 0. The maximum absolute atomic E-state index is 13.1. The van der Waals surface area contributed by atoms with Gasteiger partial charge in [-0.15, -0.1) is 0 Å². The molecule has 0 aliphatic carbocycles. The summed E-state index contributed by atoms with van der Waals surface area (Å²) < 4.78 is 59.7. The molecule has 6 aromatic rings. The lowest BCUT2D eigenvalue weighted by Crippen LogP contribution is -2.62. The summed E-state index contributed by atoms with van der Waals surface area (Å²) in [6.07, 6.45) is -4.61. The van der Waals surface area contributed by atoms with E-state index in [0.717, 1.165) is 33.4 Å². The van der Waals surface area contributed by atoms with Crippen molar-refractivity contribution in [1.29, 1.82) is 0 Å². The highest BCUT2D eigenvalue weighted by Gasteiger charge is 2.53.